The molecule has 0 saturated heterocycles. The Bertz CT molecular complexity index is 1430. The summed E-state index contributed by atoms with van der Waals surface area (Å²) in [5, 5.41) is 4.57. The Morgan fingerprint density at radius 2 is 0.864 bits per heavy atom. The molecule has 4 aromatic rings. The molecule has 0 aromatic heterocycles. The Morgan fingerprint density at radius 1 is 0.545 bits per heavy atom. The van der Waals surface area contributed by atoms with Crippen molar-refractivity contribution in [1.29, 1.82) is 0 Å². The monoisotopic (exact) mass is 620 g/mol. The fraction of sp³-hybridized carbons (Fsp3) is 0.359. The summed E-state index contributed by atoms with van der Waals surface area (Å²) in [6, 6.07) is 42.9. The standard InChI is InChI=1S/C39H48O3Si2/c1-30-36(40)28-31(41-43(38(2,3)4,32-20-12-8-13-21-32)33-22-14-9-15-23-33)29-37(30)42-44(39(5,6)7,34-24-16-10-17-25-34)35-26-18-11-19-27-35/h8-27,30-31,37H,28-29H2,1-7H3/t30?,31-,37+/m1/s1. The van der Waals surface area contributed by atoms with Gasteiger partial charge in [0, 0.05) is 12.3 Å². The number of carbonyl (C=O) groups is 1. The maximum atomic E-state index is 13.9. The molecule has 3 atom stereocenters. The Morgan fingerprint density at radius 3 is 1.18 bits per heavy atom. The van der Waals surface area contributed by atoms with Crippen LogP contribution in [-0.4, -0.2) is 34.6 Å². The molecule has 1 aliphatic carbocycles. The quantitative estimate of drug-likeness (QED) is 0.202. The second-order valence-corrected chi connectivity index (χ2v) is 22.9. The average Bonchev–Trinajstić information content (AvgIpc) is 3.01. The van der Waals surface area contributed by atoms with Gasteiger partial charge in [-0.1, -0.05) is 170 Å². The molecule has 4 aromatic carbocycles. The summed E-state index contributed by atoms with van der Waals surface area (Å²) in [6.07, 6.45) is 0.591. The van der Waals surface area contributed by atoms with Gasteiger partial charge in [0.1, 0.15) is 5.78 Å². The van der Waals surface area contributed by atoms with Crippen molar-refractivity contribution in [2.45, 2.75) is 83.6 Å². The van der Waals surface area contributed by atoms with Crippen LogP contribution in [-0.2, 0) is 13.6 Å². The second-order valence-electron chi connectivity index (χ2n) is 14.4. The lowest BCUT2D eigenvalue weighted by Crippen LogP contribution is -2.70. The van der Waals surface area contributed by atoms with Gasteiger partial charge in [-0.3, -0.25) is 4.79 Å². The minimum absolute atomic E-state index is 0.170. The van der Waals surface area contributed by atoms with Gasteiger partial charge >= 0.3 is 0 Å². The van der Waals surface area contributed by atoms with Crippen LogP contribution in [0.4, 0.5) is 0 Å². The molecule has 1 aliphatic rings. The zero-order valence-electron chi connectivity index (χ0n) is 27.4. The molecular formula is C39H48O3Si2. The van der Waals surface area contributed by atoms with Crippen molar-refractivity contribution in [3.63, 3.8) is 0 Å². The van der Waals surface area contributed by atoms with Crippen LogP contribution in [0.25, 0.3) is 0 Å². The van der Waals surface area contributed by atoms with Gasteiger partial charge in [0.05, 0.1) is 12.2 Å². The van der Waals surface area contributed by atoms with Gasteiger partial charge in [-0.15, -0.1) is 0 Å². The highest BCUT2D eigenvalue weighted by Gasteiger charge is 2.55. The molecule has 3 nitrogen and oxygen atoms in total. The number of benzene rings is 4. The number of carbonyl (C=O) groups excluding carboxylic acids is 1. The zero-order valence-corrected chi connectivity index (χ0v) is 29.4. The van der Waals surface area contributed by atoms with Gasteiger partial charge in [-0.05, 0) is 37.2 Å². The Kier molecular flexibility index (Phi) is 9.34. The van der Waals surface area contributed by atoms with Gasteiger partial charge in [-0.2, -0.15) is 0 Å². The van der Waals surface area contributed by atoms with Crippen molar-refractivity contribution >= 4 is 43.2 Å². The molecule has 44 heavy (non-hydrogen) atoms. The van der Waals surface area contributed by atoms with E-state index in [1.807, 2.05) is 0 Å². The highest BCUT2D eigenvalue weighted by molar-refractivity contribution is 7.00. The maximum Gasteiger partial charge on any atom is 0.261 e. The highest BCUT2D eigenvalue weighted by Crippen LogP contribution is 2.42. The van der Waals surface area contributed by atoms with Gasteiger partial charge < -0.3 is 8.85 Å². The molecule has 230 valence electrons. The van der Waals surface area contributed by atoms with Crippen LogP contribution in [0.1, 0.15) is 61.3 Å². The molecular weight excluding hydrogens is 573 g/mol. The third-order valence-electron chi connectivity index (χ3n) is 9.49. The minimum atomic E-state index is -2.86. The van der Waals surface area contributed by atoms with E-state index in [-0.39, 0.29) is 34.0 Å². The van der Waals surface area contributed by atoms with E-state index < -0.39 is 16.6 Å². The number of hydrogen-bond donors (Lipinski definition) is 0. The van der Waals surface area contributed by atoms with E-state index in [4.69, 9.17) is 8.85 Å². The molecule has 5 heteroatoms. The van der Waals surface area contributed by atoms with Crippen LogP contribution in [0.3, 0.4) is 0 Å². The fourth-order valence-corrected chi connectivity index (χ4v) is 16.7. The van der Waals surface area contributed by atoms with Crippen molar-refractivity contribution < 1.29 is 13.6 Å². The van der Waals surface area contributed by atoms with E-state index in [0.717, 1.165) is 0 Å². The summed E-state index contributed by atoms with van der Waals surface area (Å²) in [7, 11) is -5.69. The average molecular weight is 621 g/mol. The number of hydrogen-bond acceptors (Lipinski definition) is 3. The van der Waals surface area contributed by atoms with E-state index >= 15 is 0 Å². The van der Waals surface area contributed by atoms with Crippen molar-refractivity contribution in [3.05, 3.63) is 121 Å². The van der Waals surface area contributed by atoms with Crippen LogP contribution in [0.15, 0.2) is 121 Å². The number of Topliss-reactive ketones (excluding diaryl/α,β-unsaturated/α-hetero) is 1. The first-order chi connectivity index (χ1) is 20.9. The van der Waals surface area contributed by atoms with Crippen LogP contribution in [0.2, 0.25) is 10.1 Å². The topological polar surface area (TPSA) is 35.5 Å². The third-order valence-corrected chi connectivity index (χ3v) is 19.6. The van der Waals surface area contributed by atoms with E-state index in [9.17, 15) is 4.79 Å². The number of rotatable bonds is 8. The van der Waals surface area contributed by atoms with Crippen molar-refractivity contribution in [3.8, 4) is 0 Å². The smallest absolute Gasteiger partial charge is 0.261 e. The van der Waals surface area contributed by atoms with Crippen molar-refractivity contribution in [1.82, 2.24) is 0 Å². The Labute approximate surface area is 266 Å². The van der Waals surface area contributed by atoms with Crippen LogP contribution in [0, 0.1) is 5.92 Å². The molecule has 0 amide bonds. The first kappa shape index (κ1) is 32.3. The van der Waals surface area contributed by atoms with Gasteiger partial charge in [0.25, 0.3) is 16.6 Å². The number of ketones is 1. The van der Waals surface area contributed by atoms with Crippen LogP contribution >= 0.6 is 0 Å². The van der Waals surface area contributed by atoms with E-state index in [1.165, 1.54) is 20.7 Å². The molecule has 5 rings (SSSR count). The fourth-order valence-electron chi connectivity index (χ4n) is 7.26. The Balaban J connectivity index is 1.60. The lowest BCUT2D eigenvalue weighted by molar-refractivity contribution is -0.131. The first-order valence-corrected chi connectivity index (χ1v) is 19.8. The third kappa shape index (κ3) is 5.95. The van der Waals surface area contributed by atoms with Gasteiger partial charge in [0.2, 0.25) is 0 Å². The molecule has 1 unspecified atom stereocenters. The predicted octanol–water partition coefficient (Wildman–Crippen LogP) is 6.88. The minimum Gasteiger partial charge on any atom is -0.404 e. The summed E-state index contributed by atoms with van der Waals surface area (Å²) in [6.45, 7) is 15.8. The molecule has 0 aliphatic heterocycles. The second kappa shape index (κ2) is 12.7. The van der Waals surface area contributed by atoms with Gasteiger partial charge in [0.15, 0.2) is 0 Å². The highest BCUT2D eigenvalue weighted by atomic mass is 28.4. The summed E-state index contributed by atoms with van der Waals surface area (Å²) in [5.41, 5.74) is 0. The summed E-state index contributed by atoms with van der Waals surface area (Å²) < 4.78 is 15.1. The van der Waals surface area contributed by atoms with Crippen LogP contribution < -0.4 is 20.7 Å². The molecule has 1 fully saturated rings. The van der Waals surface area contributed by atoms with Crippen molar-refractivity contribution in [2.24, 2.45) is 5.92 Å². The van der Waals surface area contributed by atoms with E-state index in [0.29, 0.717) is 12.8 Å². The van der Waals surface area contributed by atoms with E-state index in [1.54, 1.807) is 0 Å². The molecule has 0 radical (unpaired) electrons. The zero-order chi connectivity index (χ0) is 31.6. The molecule has 0 heterocycles. The molecule has 0 spiro atoms. The Hall–Kier alpha value is -3.10. The van der Waals surface area contributed by atoms with Crippen LogP contribution in [0.5, 0.6) is 0 Å². The SMILES string of the molecule is CC1C(=O)C[C@@H](O[Si](c2ccccc2)(c2ccccc2)C(C)(C)C)C[C@@H]1O[Si](c1ccccc1)(c1ccccc1)C(C)(C)C. The molecule has 0 N–H and O–H groups in total. The normalized spacial score (nSPS) is 20.0. The van der Waals surface area contributed by atoms with Crippen molar-refractivity contribution in [2.75, 3.05) is 0 Å². The lowest BCUT2D eigenvalue weighted by Gasteiger charge is -2.49. The molecule has 1 saturated carbocycles. The summed E-state index contributed by atoms with van der Waals surface area (Å²) >= 11 is 0. The largest absolute Gasteiger partial charge is 0.404 e. The van der Waals surface area contributed by atoms with Gasteiger partial charge in [-0.25, -0.2) is 0 Å². The summed E-state index contributed by atoms with van der Waals surface area (Å²) in [5.74, 6) is 0.0118. The lowest BCUT2D eigenvalue weighted by atomic mass is 9.85. The predicted molar refractivity (Wildman–Crippen MR) is 188 cm³/mol. The van der Waals surface area contributed by atoms with E-state index in [2.05, 4.69) is 170 Å². The summed E-state index contributed by atoms with van der Waals surface area (Å²) in [4.78, 5) is 13.9. The molecule has 0 bridgehead atoms. The first-order valence-electron chi connectivity index (χ1n) is 16.0. The maximum absolute atomic E-state index is 13.9.